The van der Waals surface area contributed by atoms with Crippen LogP contribution in [0.5, 0.6) is 0 Å². The first-order chi connectivity index (χ1) is 7.95. The molecule has 0 radical (unpaired) electrons. The maximum atomic E-state index is 9.00. The Hall–Kier alpha value is -2.55. The zero-order chi connectivity index (χ0) is 14.1. The molecule has 0 bridgehead atoms. The standard InChI is InChI=1S/C7H8.C2H4O2.2CHNO/c1-7-5-3-2-4-6-7;1-2(3)4;2*2-1-3/h2-6H,1H3;1H3,(H,3,4);2*2H. The Morgan fingerprint density at radius 2 is 1.35 bits per heavy atom. The molecule has 6 heteroatoms. The molecule has 17 heavy (non-hydrogen) atoms. The maximum Gasteiger partial charge on any atom is 0.300 e. The first kappa shape index (κ1) is 19.9. The van der Waals surface area contributed by atoms with Crippen LogP contribution in [0.25, 0.3) is 0 Å². The molecule has 0 saturated carbocycles. The van der Waals surface area contributed by atoms with Gasteiger partial charge in [-0.2, -0.15) is 0 Å². The molecule has 0 aliphatic carbocycles. The Labute approximate surface area is 98.9 Å². The molecule has 92 valence electrons. The molecule has 0 spiro atoms. The SMILES string of the molecule is CC(=O)O.Cc1ccccc1.N=C=O.N=C=O. The summed E-state index contributed by atoms with van der Waals surface area (Å²) < 4.78 is 0. The maximum absolute atomic E-state index is 9.00. The normalized spacial score (nSPS) is 6.00. The molecule has 6 nitrogen and oxygen atoms in total. The van der Waals surface area contributed by atoms with Gasteiger partial charge in [0.2, 0.25) is 12.2 Å². The molecular formula is C11H14N2O4. The van der Waals surface area contributed by atoms with Crippen molar-refractivity contribution < 1.29 is 19.5 Å². The smallest absolute Gasteiger partial charge is 0.300 e. The van der Waals surface area contributed by atoms with E-state index in [0.29, 0.717) is 0 Å². The molecule has 3 N–H and O–H groups in total. The molecule has 0 atom stereocenters. The van der Waals surface area contributed by atoms with Gasteiger partial charge < -0.3 is 5.11 Å². The van der Waals surface area contributed by atoms with Crippen LogP contribution in [0.15, 0.2) is 30.3 Å². The number of rotatable bonds is 0. The first-order valence-corrected chi connectivity index (χ1v) is 4.25. The second kappa shape index (κ2) is 19.1. The third kappa shape index (κ3) is 59.4. The van der Waals surface area contributed by atoms with Crippen LogP contribution >= 0.6 is 0 Å². The number of carbonyl (C=O) groups excluding carboxylic acids is 2. The van der Waals surface area contributed by atoms with Crippen molar-refractivity contribution in [3.8, 4) is 0 Å². The Bertz CT molecular complexity index is 335. The monoisotopic (exact) mass is 238 g/mol. The largest absolute Gasteiger partial charge is 0.481 e. The highest BCUT2D eigenvalue weighted by Gasteiger charge is 1.72. The molecule has 0 aliphatic heterocycles. The number of isocyanates is 2. The Morgan fingerprint density at radius 1 is 1.12 bits per heavy atom. The van der Waals surface area contributed by atoms with E-state index in [-0.39, 0.29) is 0 Å². The zero-order valence-corrected chi connectivity index (χ0v) is 9.56. The summed E-state index contributed by atoms with van der Waals surface area (Å²) in [6.45, 7) is 3.17. The van der Waals surface area contributed by atoms with E-state index in [1.807, 2.05) is 18.2 Å². The van der Waals surface area contributed by atoms with E-state index < -0.39 is 5.97 Å². The van der Waals surface area contributed by atoms with E-state index in [1.54, 1.807) is 0 Å². The highest BCUT2D eigenvalue weighted by Crippen LogP contribution is 1.92. The van der Waals surface area contributed by atoms with Crippen molar-refractivity contribution in [3.63, 3.8) is 0 Å². The number of nitrogens with one attached hydrogen (secondary N) is 2. The highest BCUT2D eigenvalue weighted by atomic mass is 16.4. The number of aliphatic carboxylic acids is 1. The molecule has 0 heterocycles. The summed E-state index contributed by atoms with van der Waals surface area (Å²) in [4.78, 5) is 25.7. The molecule has 0 amide bonds. The fraction of sp³-hybridized carbons (Fsp3) is 0.182. The van der Waals surface area contributed by atoms with Crippen molar-refractivity contribution in [2.24, 2.45) is 0 Å². The lowest BCUT2D eigenvalue weighted by Gasteiger charge is -1.82. The van der Waals surface area contributed by atoms with Crippen LogP contribution in [0.1, 0.15) is 12.5 Å². The summed E-state index contributed by atoms with van der Waals surface area (Å²) >= 11 is 0. The van der Waals surface area contributed by atoms with Gasteiger partial charge in [-0.15, -0.1) is 0 Å². The summed E-state index contributed by atoms with van der Waals surface area (Å²) in [7, 11) is 0. The van der Waals surface area contributed by atoms with E-state index in [4.69, 9.17) is 30.3 Å². The lowest BCUT2D eigenvalue weighted by molar-refractivity contribution is -0.134. The average molecular weight is 238 g/mol. The number of carbonyl (C=O) groups is 1. The van der Waals surface area contributed by atoms with Gasteiger partial charge in [0.25, 0.3) is 5.97 Å². The van der Waals surface area contributed by atoms with Gasteiger partial charge in [0.1, 0.15) is 0 Å². The number of carboxylic acid groups (broad SMARTS) is 1. The fourth-order valence-corrected chi connectivity index (χ4v) is 0.534. The van der Waals surface area contributed by atoms with Gasteiger partial charge >= 0.3 is 0 Å². The molecule has 0 unspecified atom stereocenters. The summed E-state index contributed by atoms with van der Waals surface area (Å²) in [6, 6.07) is 10.3. The predicted molar refractivity (Wildman–Crippen MR) is 61.3 cm³/mol. The van der Waals surface area contributed by atoms with Crippen molar-refractivity contribution in [2.75, 3.05) is 0 Å². The molecule has 1 aromatic rings. The molecule has 0 aliphatic rings. The third-order valence-corrected chi connectivity index (χ3v) is 0.940. The lowest BCUT2D eigenvalue weighted by Crippen LogP contribution is -1.78. The van der Waals surface area contributed by atoms with Crippen LogP contribution in [-0.2, 0) is 14.4 Å². The minimum atomic E-state index is -0.833. The summed E-state index contributed by atoms with van der Waals surface area (Å²) in [6.07, 6.45) is 1.50. The molecule has 1 rings (SSSR count). The van der Waals surface area contributed by atoms with E-state index in [2.05, 4.69) is 19.1 Å². The summed E-state index contributed by atoms with van der Waals surface area (Å²) in [5.74, 6) is -0.833. The zero-order valence-electron chi connectivity index (χ0n) is 9.56. The van der Waals surface area contributed by atoms with Gasteiger partial charge in [-0.1, -0.05) is 35.9 Å². The molecule has 0 fully saturated rings. The Balaban J connectivity index is -0.000000170. The second-order valence-corrected chi connectivity index (χ2v) is 2.38. The lowest BCUT2D eigenvalue weighted by atomic mass is 10.2. The third-order valence-electron chi connectivity index (χ3n) is 0.940. The van der Waals surface area contributed by atoms with Crippen molar-refractivity contribution in [1.29, 1.82) is 10.8 Å². The number of carboxylic acids is 1. The topological polar surface area (TPSA) is 119 Å². The van der Waals surface area contributed by atoms with Crippen molar-refractivity contribution in [3.05, 3.63) is 35.9 Å². The van der Waals surface area contributed by atoms with Gasteiger partial charge in [-0.3, -0.25) is 4.79 Å². The van der Waals surface area contributed by atoms with Crippen LogP contribution < -0.4 is 0 Å². The average Bonchev–Trinajstić information content (AvgIpc) is 2.20. The van der Waals surface area contributed by atoms with Gasteiger partial charge in [0, 0.05) is 6.92 Å². The second-order valence-electron chi connectivity index (χ2n) is 2.38. The van der Waals surface area contributed by atoms with E-state index >= 15 is 0 Å². The number of hydrogen-bond donors (Lipinski definition) is 3. The van der Waals surface area contributed by atoms with Crippen LogP contribution in [0.4, 0.5) is 0 Å². The Kier molecular flexibility index (Phi) is 22.4. The number of benzene rings is 1. The van der Waals surface area contributed by atoms with E-state index in [9.17, 15) is 0 Å². The number of hydrogen-bond acceptors (Lipinski definition) is 5. The van der Waals surface area contributed by atoms with Gasteiger partial charge in [-0.25, -0.2) is 20.4 Å². The molecule has 0 aromatic heterocycles. The molecule has 0 saturated heterocycles. The highest BCUT2D eigenvalue weighted by molar-refractivity contribution is 5.62. The number of aryl methyl sites for hydroxylation is 1. The Morgan fingerprint density at radius 3 is 1.47 bits per heavy atom. The van der Waals surface area contributed by atoms with Crippen molar-refractivity contribution in [1.82, 2.24) is 0 Å². The quantitative estimate of drug-likeness (QED) is 0.472. The van der Waals surface area contributed by atoms with Gasteiger partial charge in [0.05, 0.1) is 0 Å². The molecular weight excluding hydrogens is 224 g/mol. The predicted octanol–water partition coefficient (Wildman–Crippen LogP) is 1.89. The fourth-order valence-electron chi connectivity index (χ4n) is 0.534. The minimum absolute atomic E-state index is 0.750. The van der Waals surface area contributed by atoms with Crippen LogP contribution in [0.3, 0.4) is 0 Å². The van der Waals surface area contributed by atoms with Crippen molar-refractivity contribution >= 4 is 18.1 Å². The summed E-state index contributed by atoms with van der Waals surface area (Å²) in [5, 5.41) is 18.2. The van der Waals surface area contributed by atoms with Gasteiger partial charge in [-0.05, 0) is 6.92 Å². The van der Waals surface area contributed by atoms with Crippen LogP contribution in [-0.4, -0.2) is 23.2 Å². The summed E-state index contributed by atoms with van der Waals surface area (Å²) in [5.41, 5.74) is 1.32. The first-order valence-electron chi connectivity index (χ1n) is 4.25. The molecule has 1 aromatic carbocycles. The van der Waals surface area contributed by atoms with Crippen LogP contribution in [0.2, 0.25) is 0 Å². The van der Waals surface area contributed by atoms with Crippen LogP contribution in [0, 0.1) is 17.7 Å². The van der Waals surface area contributed by atoms with Gasteiger partial charge in [0.15, 0.2) is 0 Å². The van der Waals surface area contributed by atoms with E-state index in [0.717, 1.165) is 19.1 Å². The van der Waals surface area contributed by atoms with E-state index in [1.165, 1.54) is 5.56 Å². The minimum Gasteiger partial charge on any atom is -0.481 e. The van der Waals surface area contributed by atoms with Crippen molar-refractivity contribution in [2.45, 2.75) is 13.8 Å².